The van der Waals surface area contributed by atoms with E-state index in [9.17, 15) is 9.59 Å². The number of para-hydroxylation sites is 1. The number of carbonyl (C=O) groups is 2. The smallest absolute Gasteiger partial charge is 0.318 e. The van der Waals surface area contributed by atoms with Crippen molar-refractivity contribution in [3.05, 3.63) is 29.8 Å². The Bertz CT molecular complexity index is 612. The highest BCUT2D eigenvalue weighted by Crippen LogP contribution is 2.32. The molecule has 0 radical (unpaired) electrons. The van der Waals surface area contributed by atoms with Crippen LogP contribution in [0, 0.1) is 0 Å². The van der Waals surface area contributed by atoms with Crippen LogP contribution in [0.15, 0.2) is 24.3 Å². The molecule has 3 heterocycles. The molecular formula is C16H19N3O3. The molecule has 1 atom stereocenters. The van der Waals surface area contributed by atoms with Crippen LogP contribution in [0.2, 0.25) is 0 Å². The molecule has 0 saturated carbocycles. The molecule has 22 heavy (non-hydrogen) atoms. The van der Waals surface area contributed by atoms with Gasteiger partial charge in [-0.15, -0.1) is 0 Å². The van der Waals surface area contributed by atoms with Gasteiger partial charge in [-0.2, -0.15) is 0 Å². The summed E-state index contributed by atoms with van der Waals surface area (Å²) in [5, 5.41) is 3.02. The fourth-order valence-electron chi connectivity index (χ4n) is 3.40. The molecule has 2 saturated heterocycles. The molecular weight excluding hydrogens is 282 g/mol. The molecule has 3 aliphatic heterocycles. The third-order valence-corrected chi connectivity index (χ3v) is 4.70. The number of hydrogen-bond donors (Lipinski definition) is 1. The first-order valence-corrected chi connectivity index (χ1v) is 7.79. The van der Waals surface area contributed by atoms with Crippen LogP contribution in [-0.4, -0.2) is 54.0 Å². The first-order chi connectivity index (χ1) is 10.7. The molecule has 0 aromatic heterocycles. The summed E-state index contributed by atoms with van der Waals surface area (Å²) in [6.45, 7) is 2.58. The fourth-order valence-corrected chi connectivity index (χ4v) is 3.40. The Hall–Kier alpha value is -2.24. The van der Waals surface area contributed by atoms with Crippen molar-refractivity contribution in [2.24, 2.45) is 0 Å². The number of ether oxygens (including phenoxy) is 1. The predicted octanol–water partition coefficient (Wildman–Crippen LogP) is 1.14. The lowest BCUT2D eigenvalue weighted by molar-refractivity contribution is -0.132. The van der Waals surface area contributed by atoms with Gasteiger partial charge >= 0.3 is 6.03 Å². The van der Waals surface area contributed by atoms with E-state index in [1.807, 2.05) is 29.2 Å². The van der Waals surface area contributed by atoms with Gasteiger partial charge in [-0.3, -0.25) is 4.79 Å². The molecule has 1 unspecified atom stereocenters. The highest BCUT2D eigenvalue weighted by Gasteiger charge is 2.39. The van der Waals surface area contributed by atoms with Crippen LogP contribution in [0.25, 0.3) is 0 Å². The number of nitrogens with one attached hydrogen (secondary N) is 1. The maximum atomic E-state index is 12.3. The monoisotopic (exact) mass is 301 g/mol. The second kappa shape index (κ2) is 5.19. The average Bonchev–Trinajstić information content (AvgIpc) is 3.05. The van der Waals surface area contributed by atoms with E-state index in [4.69, 9.17) is 4.74 Å². The van der Waals surface area contributed by atoms with E-state index in [0.29, 0.717) is 26.1 Å². The molecule has 6 nitrogen and oxygen atoms in total. The molecule has 4 rings (SSSR count). The van der Waals surface area contributed by atoms with Gasteiger partial charge in [-0.25, -0.2) is 4.79 Å². The lowest BCUT2D eigenvalue weighted by Crippen LogP contribution is -2.63. The largest absolute Gasteiger partial charge is 0.491 e. The van der Waals surface area contributed by atoms with Crippen molar-refractivity contribution in [1.82, 2.24) is 15.1 Å². The summed E-state index contributed by atoms with van der Waals surface area (Å²) in [6, 6.07) is 7.81. The lowest BCUT2D eigenvalue weighted by atomic mass is 10.1. The first-order valence-electron chi connectivity index (χ1n) is 7.79. The number of amides is 3. The molecule has 2 fully saturated rings. The quantitative estimate of drug-likeness (QED) is 0.891. The van der Waals surface area contributed by atoms with E-state index in [-0.39, 0.29) is 24.0 Å². The Morgan fingerprint density at radius 3 is 2.86 bits per heavy atom. The van der Waals surface area contributed by atoms with Crippen molar-refractivity contribution in [2.45, 2.75) is 24.9 Å². The summed E-state index contributed by atoms with van der Waals surface area (Å²) in [4.78, 5) is 27.7. The SMILES string of the molecule is O=C(NC1COc2ccccc21)N1CC(N2CCCC2=O)C1. The first kappa shape index (κ1) is 13.4. The highest BCUT2D eigenvalue weighted by molar-refractivity contribution is 5.80. The van der Waals surface area contributed by atoms with Gasteiger partial charge in [0.2, 0.25) is 5.91 Å². The van der Waals surface area contributed by atoms with Gasteiger partial charge in [0, 0.05) is 31.6 Å². The van der Waals surface area contributed by atoms with Crippen molar-refractivity contribution in [3.8, 4) is 5.75 Å². The van der Waals surface area contributed by atoms with Crippen molar-refractivity contribution < 1.29 is 14.3 Å². The Morgan fingerprint density at radius 2 is 2.09 bits per heavy atom. The molecule has 1 aromatic carbocycles. The number of fused-ring (bicyclic) bond motifs is 1. The minimum atomic E-state index is -0.0869. The normalized spacial score (nSPS) is 24.0. The van der Waals surface area contributed by atoms with Crippen molar-refractivity contribution in [3.63, 3.8) is 0 Å². The second-order valence-corrected chi connectivity index (χ2v) is 6.10. The van der Waals surface area contributed by atoms with Gasteiger partial charge in [0.25, 0.3) is 0 Å². The molecule has 1 aromatic rings. The third-order valence-electron chi connectivity index (χ3n) is 4.70. The standard InChI is InChI=1S/C16H19N3O3/c20-15-6-3-7-19(15)11-8-18(9-11)16(21)17-13-10-22-14-5-2-1-4-12(13)14/h1-2,4-5,11,13H,3,6-10H2,(H,17,21). The van der Waals surface area contributed by atoms with Gasteiger partial charge in [0.15, 0.2) is 0 Å². The summed E-state index contributed by atoms with van der Waals surface area (Å²) in [5.41, 5.74) is 1.03. The van der Waals surface area contributed by atoms with Crippen LogP contribution in [-0.2, 0) is 4.79 Å². The van der Waals surface area contributed by atoms with Gasteiger partial charge < -0.3 is 19.9 Å². The number of nitrogens with zero attached hydrogens (tertiary/aromatic N) is 2. The number of urea groups is 1. The minimum absolute atomic E-state index is 0.0757. The molecule has 1 N–H and O–H groups in total. The maximum absolute atomic E-state index is 12.3. The van der Waals surface area contributed by atoms with Gasteiger partial charge in [-0.1, -0.05) is 18.2 Å². The minimum Gasteiger partial charge on any atom is -0.491 e. The van der Waals surface area contributed by atoms with E-state index >= 15 is 0 Å². The Balaban J connectivity index is 1.32. The zero-order chi connectivity index (χ0) is 15.1. The third kappa shape index (κ3) is 2.19. The lowest BCUT2D eigenvalue weighted by Gasteiger charge is -2.44. The maximum Gasteiger partial charge on any atom is 0.318 e. The molecule has 6 heteroatoms. The van der Waals surface area contributed by atoms with Crippen LogP contribution in [0.4, 0.5) is 4.79 Å². The Kier molecular flexibility index (Phi) is 3.17. The zero-order valence-electron chi connectivity index (χ0n) is 12.3. The van der Waals surface area contributed by atoms with Crippen molar-refractivity contribution in [2.75, 3.05) is 26.2 Å². The molecule has 0 aliphatic carbocycles. The van der Waals surface area contributed by atoms with Gasteiger partial charge in [0.05, 0.1) is 12.1 Å². The summed E-state index contributed by atoms with van der Waals surface area (Å²) in [6.07, 6.45) is 1.59. The average molecular weight is 301 g/mol. The second-order valence-electron chi connectivity index (χ2n) is 6.10. The van der Waals surface area contributed by atoms with Crippen LogP contribution in [0.5, 0.6) is 5.75 Å². The van der Waals surface area contributed by atoms with E-state index in [2.05, 4.69) is 5.32 Å². The Morgan fingerprint density at radius 1 is 1.27 bits per heavy atom. The van der Waals surface area contributed by atoms with Crippen LogP contribution in [0.3, 0.4) is 0 Å². The summed E-state index contributed by atoms with van der Waals surface area (Å²) < 4.78 is 5.57. The molecule has 0 spiro atoms. The number of rotatable bonds is 2. The van der Waals surface area contributed by atoms with Crippen LogP contribution in [0.1, 0.15) is 24.4 Å². The molecule has 3 amide bonds. The number of benzene rings is 1. The molecule has 116 valence electrons. The van der Waals surface area contributed by atoms with E-state index in [0.717, 1.165) is 24.3 Å². The van der Waals surface area contributed by atoms with E-state index in [1.54, 1.807) is 4.90 Å². The summed E-state index contributed by atoms with van der Waals surface area (Å²) in [7, 11) is 0. The van der Waals surface area contributed by atoms with Gasteiger partial charge in [-0.05, 0) is 12.5 Å². The number of carbonyl (C=O) groups excluding carboxylic acids is 2. The summed E-state index contributed by atoms with van der Waals surface area (Å²) >= 11 is 0. The fraction of sp³-hybridized carbons (Fsp3) is 0.500. The van der Waals surface area contributed by atoms with Crippen molar-refractivity contribution >= 4 is 11.9 Å². The topological polar surface area (TPSA) is 61.9 Å². The van der Waals surface area contributed by atoms with E-state index < -0.39 is 0 Å². The highest BCUT2D eigenvalue weighted by atomic mass is 16.5. The van der Waals surface area contributed by atoms with Crippen molar-refractivity contribution in [1.29, 1.82) is 0 Å². The van der Waals surface area contributed by atoms with Gasteiger partial charge in [0.1, 0.15) is 12.4 Å². The summed E-state index contributed by atoms with van der Waals surface area (Å²) in [5.74, 6) is 1.07. The molecule has 3 aliphatic rings. The zero-order valence-corrected chi connectivity index (χ0v) is 12.3. The van der Waals surface area contributed by atoms with Crippen LogP contribution >= 0.6 is 0 Å². The predicted molar refractivity (Wildman–Crippen MR) is 79.5 cm³/mol. The van der Waals surface area contributed by atoms with E-state index in [1.165, 1.54) is 0 Å². The number of likely N-dealkylation sites (tertiary alicyclic amines) is 2. The Labute approximate surface area is 129 Å². The number of hydrogen-bond acceptors (Lipinski definition) is 3. The molecule has 0 bridgehead atoms. The van der Waals surface area contributed by atoms with Crippen LogP contribution < -0.4 is 10.1 Å².